The molecule has 2 heterocycles. The van der Waals surface area contributed by atoms with Crippen LogP contribution >= 0.6 is 0 Å². The third-order valence-corrected chi connectivity index (χ3v) is 10.4. The molecule has 2 aromatic heterocycles. The summed E-state index contributed by atoms with van der Waals surface area (Å²) in [7, 11) is 0. The number of hydrogen-bond acceptors (Lipinski definition) is 10. The Labute approximate surface area is 341 Å². The lowest BCUT2D eigenvalue weighted by atomic mass is 10.1. The second-order valence-electron chi connectivity index (χ2n) is 15.5. The van der Waals surface area contributed by atoms with E-state index in [9.17, 15) is 9.59 Å². The van der Waals surface area contributed by atoms with Gasteiger partial charge in [0.1, 0.15) is 22.5 Å². The van der Waals surface area contributed by atoms with Crippen LogP contribution in [0, 0.1) is 0 Å². The van der Waals surface area contributed by atoms with E-state index in [0.29, 0.717) is 48.3 Å². The zero-order chi connectivity index (χ0) is 40.2. The molecular weight excluding hydrogens is 721 g/mol. The van der Waals surface area contributed by atoms with Crippen LogP contribution in [0.3, 0.4) is 0 Å². The van der Waals surface area contributed by atoms with Gasteiger partial charge in [-0.25, -0.2) is 0 Å². The van der Waals surface area contributed by atoms with Gasteiger partial charge in [0, 0.05) is 25.0 Å². The molecule has 0 unspecified atom stereocenters. The van der Waals surface area contributed by atoms with Gasteiger partial charge in [-0.2, -0.15) is 9.97 Å². The number of benzene rings is 2. The SMILES string of the molecule is CCCCCCCCCCCCOc1ccc2nc(OC(=O)CCCCCCCC(=O)Oc3nc4ccc(OCCCCCCCCCCCC)cc4o3)oc2c1. The van der Waals surface area contributed by atoms with Crippen LogP contribution in [0.2, 0.25) is 0 Å². The van der Waals surface area contributed by atoms with E-state index >= 15 is 0 Å². The molecule has 0 saturated carbocycles. The summed E-state index contributed by atoms with van der Waals surface area (Å²) in [6, 6.07) is 11.0. The highest BCUT2D eigenvalue weighted by molar-refractivity contribution is 5.77. The average Bonchev–Trinajstić information content (AvgIpc) is 3.80. The first-order valence-electron chi connectivity index (χ1n) is 22.5. The van der Waals surface area contributed by atoms with Crippen molar-refractivity contribution in [1.82, 2.24) is 9.97 Å². The van der Waals surface area contributed by atoms with E-state index in [0.717, 1.165) is 43.6 Å². The number of carbonyl (C=O) groups excluding carboxylic acids is 2. The predicted octanol–water partition coefficient (Wildman–Crippen LogP) is 13.8. The third-order valence-electron chi connectivity index (χ3n) is 10.4. The van der Waals surface area contributed by atoms with Gasteiger partial charge in [-0.3, -0.25) is 9.59 Å². The second kappa shape index (κ2) is 28.3. The maximum atomic E-state index is 12.4. The van der Waals surface area contributed by atoms with Crippen molar-refractivity contribution in [2.45, 2.75) is 187 Å². The fraction of sp³-hybridized carbons (Fsp3) is 0.660. The molecule has 0 aliphatic heterocycles. The first-order valence-corrected chi connectivity index (χ1v) is 22.5. The largest absolute Gasteiger partial charge is 0.493 e. The molecule has 2 aromatic carbocycles. The van der Waals surface area contributed by atoms with Gasteiger partial charge in [0.25, 0.3) is 0 Å². The van der Waals surface area contributed by atoms with Crippen molar-refractivity contribution in [2.75, 3.05) is 13.2 Å². The van der Waals surface area contributed by atoms with Crippen molar-refractivity contribution in [3.05, 3.63) is 36.4 Å². The summed E-state index contributed by atoms with van der Waals surface area (Å²) in [6.45, 7) is 5.84. The zero-order valence-corrected chi connectivity index (χ0v) is 35.1. The summed E-state index contributed by atoms with van der Waals surface area (Å²) in [5.74, 6) is 0.684. The molecule has 10 heteroatoms. The Morgan fingerprint density at radius 1 is 0.456 bits per heavy atom. The number of oxazole rings is 2. The van der Waals surface area contributed by atoms with Crippen LogP contribution in [-0.2, 0) is 9.59 Å². The molecule has 0 aliphatic rings. The first-order chi connectivity index (χ1) is 28.0. The van der Waals surface area contributed by atoms with Gasteiger partial charge in [-0.15, -0.1) is 0 Å². The summed E-state index contributed by atoms with van der Waals surface area (Å²) in [6.07, 6.45) is 30.0. The maximum absolute atomic E-state index is 12.4. The van der Waals surface area contributed by atoms with E-state index in [1.54, 1.807) is 12.1 Å². The molecular formula is C47H70N2O8. The Balaban J connectivity index is 0.994. The fourth-order valence-electron chi connectivity index (χ4n) is 6.96. The quantitative estimate of drug-likeness (QED) is 0.0334. The van der Waals surface area contributed by atoms with E-state index in [1.807, 2.05) is 24.3 Å². The lowest BCUT2D eigenvalue weighted by Crippen LogP contribution is -2.08. The Kier molecular flexibility index (Phi) is 22.7. The number of esters is 2. The molecule has 4 rings (SSSR count). The topological polar surface area (TPSA) is 123 Å². The number of ether oxygens (including phenoxy) is 4. The van der Waals surface area contributed by atoms with Gasteiger partial charge >= 0.3 is 24.1 Å². The Hall–Kier alpha value is -4.08. The molecule has 316 valence electrons. The molecule has 0 amide bonds. The number of carbonyl (C=O) groups is 2. The Morgan fingerprint density at radius 3 is 1.16 bits per heavy atom. The van der Waals surface area contributed by atoms with Gasteiger partial charge in [0.2, 0.25) is 0 Å². The summed E-state index contributed by atoms with van der Waals surface area (Å²) in [4.78, 5) is 33.4. The molecule has 57 heavy (non-hydrogen) atoms. The predicted molar refractivity (Wildman–Crippen MR) is 226 cm³/mol. The summed E-state index contributed by atoms with van der Waals surface area (Å²) < 4.78 is 33.9. The van der Waals surface area contributed by atoms with Crippen LogP contribution in [-0.4, -0.2) is 35.1 Å². The van der Waals surface area contributed by atoms with Crippen LogP contribution in [0.1, 0.15) is 187 Å². The number of fused-ring (bicyclic) bond motifs is 2. The number of nitrogens with zero attached hydrogens (tertiary/aromatic N) is 2. The minimum Gasteiger partial charge on any atom is -0.493 e. The molecule has 0 N–H and O–H groups in total. The van der Waals surface area contributed by atoms with E-state index in [4.69, 9.17) is 27.8 Å². The Morgan fingerprint density at radius 2 is 0.789 bits per heavy atom. The highest BCUT2D eigenvalue weighted by Gasteiger charge is 2.15. The van der Waals surface area contributed by atoms with Crippen molar-refractivity contribution in [2.24, 2.45) is 0 Å². The monoisotopic (exact) mass is 791 g/mol. The fourth-order valence-corrected chi connectivity index (χ4v) is 6.96. The van der Waals surface area contributed by atoms with Gasteiger partial charge in [0.05, 0.1) is 13.2 Å². The normalized spacial score (nSPS) is 11.4. The minimum absolute atomic E-state index is 0.0485. The minimum atomic E-state index is -0.381. The van der Waals surface area contributed by atoms with E-state index in [2.05, 4.69) is 23.8 Å². The van der Waals surface area contributed by atoms with Crippen LogP contribution in [0.4, 0.5) is 0 Å². The third kappa shape index (κ3) is 19.3. The molecule has 10 nitrogen and oxygen atoms in total. The van der Waals surface area contributed by atoms with E-state index in [-0.39, 0.29) is 36.9 Å². The molecule has 0 aliphatic carbocycles. The number of unbranched alkanes of at least 4 members (excludes halogenated alkanes) is 22. The van der Waals surface area contributed by atoms with Gasteiger partial charge in [-0.1, -0.05) is 149 Å². The smallest absolute Gasteiger partial charge is 0.402 e. The van der Waals surface area contributed by atoms with Crippen molar-refractivity contribution in [1.29, 1.82) is 0 Å². The number of hydrogen-bond donors (Lipinski definition) is 0. The highest BCUT2D eigenvalue weighted by atomic mass is 16.6. The lowest BCUT2D eigenvalue weighted by molar-refractivity contribution is -0.136. The molecule has 0 radical (unpaired) electrons. The van der Waals surface area contributed by atoms with E-state index < -0.39 is 0 Å². The van der Waals surface area contributed by atoms with Gasteiger partial charge < -0.3 is 27.8 Å². The van der Waals surface area contributed by atoms with E-state index in [1.165, 1.54) is 116 Å². The highest BCUT2D eigenvalue weighted by Crippen LogP contribution is 2.27. The molecule has 0 bridgehead atoms. The van der Waals surface area contributed by atoms with Crippen LogP contribution in [0.25, 0.3) is 22.2 Å². The molecule has 0 saturated heterocycles. The summed E-state index contributed by atoms with van der Waals surface area (Å²) in [5.41, 5.74) is 2.29. The Bertz CT molecular complexity index is 1560. The van der Waals surface area contributed by atoms with Crippen molar-refractivity contribution < 1.29 is 37.4 Å². The van der Waals surface area contributed by atoms with Crippen LogP contribution in [0.15, 0.2) is 45.2 Å². The maximum Gasteiger partial charge on any atom is 0.402 e. The molecule has 0 atom stereocenters. The van der Waals surface area contributed by atoms with Crippen molar-refractivity contribution in [3.63, 3.8) is 0 Å². The lowest BCUT2D eigenvalue weighted by Gasteiger charge is -2.06. The number of rotatable bonds is 34. The standard InChI is InChI=1S/C47H70N2O8/c1-3-5-7-9-11-13-15-17-22-26-34-52-38-30-32-40-42(36-38)54-46(48-40)56-44(50)28-24-20-19-21-25-29-45(51)57-47-49-41-33-31-39(37-43(41)55-47)53-35-27-23-18-16-14-12-10-8-6-4-2/h30-33,36-37H,3-29,34-35H2,1-2H3. The summed E-state index contributed by atoms with van der Waals surface area (Å²) in [5, 5.41) is 0. The number of aromatic nitrogens is 2. The molecule has 0 spiro atoms. The van der Waals surface area contributed by atoms with Crippen LogP contribution < -0.4 is 18.9 Å². The average molecular weight is 791 g/mol. The van der Waals surface area contributed by atoms with Gasteiger partial charge in [-0.05, 0) is 49.9 Å². The summed E-state index contributed by atoms with van der Waals surface area (Å²) >= 11 is 0. The molecule has 0 fully saturated rings. The second-order valence-corrected chi connectivity index (χ2v) is 15.5. The van der Waals surface area contributed by atoms with Crippen molar-refractivity contribution >= 4 is 34.1 Å². The molecule has 4 aromatic rings. The first kappa shape index (κ1) is 45.6. The van der Waals surface area contributed by atoms with Crippen molar-refractivity contribution in [3.8, 4) is 23.7 Å². The van der Waals surface area contributed by atoms with Gasteiger partial charge in [0.15, 0.2) is 11.2 Å². The van der Waals surface area contributed by atoms with Crippen LogP contribution in [0.5, 0.6) is 23.7 Å². The zero-order valence-electron chi connectivity index (χ0n) is 35.1.